The summed E-state index contributed by atoms with van der Waals surface area (Å²) in [5.41, 5.74) is 5.65. The Morgan fingerprint density at radius 2 is 2.13 bits per heavy atom. The number of hydrogen-bond acceptors (Lipinski definition) is 4. The number of ketones is 1. The maximum atomic E-state index is 11.4. The Morgan fingerprint density at radius 1 is 1.40 bits per heavy atom. The van der Waals surface area contributed by atoms with Crippen LogP contribution in [0.3, 0.4) is 0 Å². The van der Waals surface area contributed by atoms with E-state index in [2.05, 4.69) is 0 Å². The molecule has 0 atom stereocenters. The molecule has 5 heteroatoms. The second-order valence-electron chi connectivity index (χ2n) is 3.08. The summed E-state index contributed by atoms with van der Waals surface area (Å²) in [7, 11) is 0. The van der Waals surface area contributed by atoms with Crippen molar-refractivity contribution in [1.82, 2.24) is 0 Å². The van der Waals surface area contributed by atoms with Crippen LogP contribution in [0.2, 0.25) is 5.02 Å². The molecule has 0 fully saturated rings. The molecule has 4 nitrogen and oxygen atoms in total. The van der Waals surface area contributed by atoms with E-state index in [1.54, 1.807) is 12.1 Å². The third kappa shape index (κ3) is 1.78. The summed E-state index contributed by atoms with van der Waals surface area (Å²) >= 11 is 6.02. The van der Waals surface area contributed by atoms with E-state index in [1.807, 2.05) is 0 Å². The molecule has 1 aliphatic heterocycles. The molecule has 15 heavy (non-hydrogen) atoms. The molecule has 0 saturated heterocycles. The van der Waals surface area contributed by atoms with Crippen LogP contribution in [-0.2, 0) is 0 Å². The molecular weight excluding hydrogens is 218 g/mol. The van der Waals surface area contributed by atoms with Gasteiger partial charge in [-0.3, -0.25) is 4.79 Å². The zero-order chi connectivity index (χ0) is 10.8. The summed E-state index contributed by atoms with van der Waals surface area (Å²) in [6.45, 7) is 0.861. The second kappa shape index (κ2) is 4.08. The number of benzene rings is 1. The summed E-state index contributed by atoms with van der Waals surface area (Å²) in [5, 5.41) is 0.280. The number of ether oxygens (including phenoxy) is 2. The summed E-state index contributed by atoms with van der Waals surface area (Å²) in [6.07, 6.45) is 0. The number of nitrogens with two attached hydrogens (primary N) is 1. The summed E-state index contributed by atoms with van der Waals surface area (Å²) in [5.74, 6) is 0.791. The van der Waals surface area contributed by atoms with Crippen molar-refractivity contribution in [2.24, 2.45) is 5.73 Å². The van der Waals surface area contributed by atoms with E-state index in [-0.39, 0.29) is 17.4 Å². The molecule has 1 aromatic carbocycles. The summed E-state index contributed by atoms with van der Waals surface area (Å²) < 4.78 is 10.7. The number of hydrogen-bond donors (Lipinski definition) is 1. The Balaban J connectivity index is 2.47. The van der Waals surface area contributed by atoms with Gasteiger partial charge in [0.15, 0.2) is 17.3 Å². The summed E-state index contributed by atoms with van der Waals surface area (Å²) in [4.78, 5) is 11.4. The molecule has 1 aliphatic rings. The van der Waals surface area contributed by atoms with Crippen LogP contribution in [0.15, 0.2) is 12.1 Å². The van der Waals surface area contributed by atoms with Gasteiger partial charge in [0.25, 0.3) is 0 Å². The molecule has 80 valence electrons. The first kappa shape index (κ1) is 10.3. The number of rotatable bonds is 2. The number of carbonyl (C=O) groups is 1. The lowest BCUT2D eigenvalue weighted by Gasteiger charge is -2.20. The minimum Gasteiger partial charge on any atom is -0.486 e. The van der Waals surface area contributed by atoms with Crippen LogP contribution in [-0.4, -0.2) is 25.5 Å². The molecule has 0 unspecified atom stereocenters. The molecule has 0 saturated carbocycles. The Labute approximate surface area is 91.9 Å². The van der Waals surface area contributed by atoms with Gasteiger partial charge in [-0.2, -0.15) is 0 Å². The minimum absolute atomic E-state index is 0.0701. The van der Waals surface area contributed by atoms with E-state index < -0.39 is 0 Å². The number of halogens is 1. The Hall–Kier alpha value is -1.26. The van der Waals surface area contributed by atoms with E-state index in [4.69, 9.17) is 26.8 Å². The van der Waals surface area contributed by atoms with E-state index in [0.717, 1.165) is 0 Å². The molecule has 2 N–H and O–H groups in total. The van der Waals surface area contributed by atoms with Crippen molar-refractivity contribution in [3.8, 4) is 11.5 Å². The van der Waals surface area contributed by atoms with Crippen molar-refractivity contribution in [2.75, 3.05) is 19.8 Å². The van der Waals surface area contributed by atoms with Crippen molar-refractivity contribution < 1.29 is 14.3 Å². The monoisotopic (exact) mass is 227 g/mol. The predicted molar refractivity (Wildman–Crippen MR) is 55.8 cm³/mol. The average molecular weight is 228 g/mol. The fourth-order valence-electron chi connectivity index (χ4n) is 1.41. The summed E-state index contributed by atoms with van der Waals surface area (Å²) in [6, 6.07) is 3.27. The first-order chi connectivity index (χ1) is 7.24. The van der Waals surface area contributed by atoms with Gasteiger partial charge in [-0.15, -0.1) is 0 Å². The molecule has 0 radical (unpaired) electrons. The van der Waals surface area contributed by atoms with Crippen molar-refractivity contribution in [2.45, 2.75) is 0 Å². The topological polar surface area (TPSA) is 61.6 Å². The highest BCUT2D eigenvalue weighted by atomic mass is 35.5. The maximum Gasteiger partial charge on any atom is 0.180 e. The molecule has 2 rings (SSSR count). The van der Waals surface area contributed by atoms with Crippen LogP contribution in [0, 0.1) is 0 Å². The van der Waals surface area contributed by atoms with Gasteiger partial charge in [0.05, 0.1) is 11.6 Å². The lowest BCUT2D eigenvalue weighted by atomic mass is 10.1. The van der Waals surface area contributed by atoms with Crippen LogP contribution >= 0.6 is 11.6 Å². The lowest BCUT2D eigenvalue weighted by molar-refractivity contribution is 0.100. The molecular formula is C10H10ClNO3. The zero-order valence-electron chi connectivity index (χ0n) is 7.96. The number of fused-ring (bicyclic) bond motifs is 1. The fraction of sp³-hybridized carbons (Fsp3) is 0.300. The van der Waals surface area contributed by atoms with Gasteiger partial charge in [-0.05, 0) is 12.1 Å². The van der Waals surface area contributed by atoms with Gasteiger partial charge in [-0.1, -0.05) is 11.6 Å². The maximum absolute atomic E-state index is 11.4. The lowest BCUT2D eigenvalue weighted by Crippen LogP contribution is -2.18. The van der Waals surface area contributed by atoms with Crippen molar-refractivity contribution >= 4 is 17.4 Å². The molecule has 1 aromatic rings. The third-order valence-corrected chi connectivity index (χ3v) is 2.51. The highest BCUT2D eigenvalue weighted by molar-refractivity contribution is 6.35. The Kier molecular flexibility index (Phi) is 2.79. The molecule has 0 amide bonds. The quantitative estimate of drug-likeness (QED) is 0.773. The van der Waals surface area contributed by atoms with Crippen molar-refractivity contribution in [3.05, 3.63) is 22.7 Å². The van der Waals surface area contributed by atoms with E-state index in [9.17, 15) is 4.79 Å². The highest BCUT2D eigenvalue weighted by Crippen LogP contribution is 2.39. The van der Waals surface area contributed by atoms with Crippen LogP contribution in [0.4, 0.5) is 0 Å². The van der Waals surface area contributed by atoms with Gasteiger partial charge in [0.1, 0.15) is 13.2 Å². The third-order valence-electron chi connectivity index (χ3n) is 2.13. The van der Waals surface area contributed by atoms with E-state index in [0.29, 0.717) is 30.3 Å². The minimum atomic E-state index is -0.211. The Bertz CT molecular complexity index is 406. The van der Waals surface area contributed by atoms with Crippen LogP contribution in [0.5, 0.6) is 11.5 Å². The van der Waals surface area contributed by atoms with Crippen molar-refractivity contribution in [3.63, 3.8) is 0 Å². The molecule has 1 heterocycles. The average Bonchev–Trinajstić information content (AvgIpc) is 2.29. The van der Waals surface area contributed by atoms with Gasteiger partial charge < -0.3 is 15.2 Å². The number of Topliss-reactive ketones (excluding diaryl/α,β-unsaturated/α-hetero) is 1. The molecule has 0 bridgehead atoms. The standard InChI is InChI=1S/C10H10ClNO3/c11-9-6(7(13)5-12)1-2-8-10(9)15-4-3-14-8/h1-2H,3-5,12H2. The van der Waals surface area contributed by atoms with Crippen molar-refractivity contribution in [1.29, 1.82) is 0 Å². The van der Waals surface area contributed by atoms with Crippen LogP contribution in [0.25, 0.3) is 0 Å². The van der Waals surface area contributed by atoms with Crippen LogP contribution < -0.4 is 15.2 Å². The fourth-order valence-corrected chi connectivity index (χ4v) is 1.72. The van der Waals surface area contributed by atoms with Crippen LogP contribution in [0.1, 0.15) is 10.4 Å². The molecule has 0 spiro atoms. The second-order valence-corrected chi connectivity index (χ2v) is 3.46. The first-order valence-corrected chi connectivity index (χ1v) is 4.93. The SMILES string of the molecule is NCC(=O)c1ccc2c(c1Cl)OCCO2. The highest BCUT2D eigenvalue weighted by Gasteiger charge is 2.20. The normalized spacial score (nSPS) is 13.7. The molecule has 0 aliphatic carbocycles. The zero-order valence-corrected chi connectivity index (χ0v) is 8.71. The van der Waals surface area contributed by atoms with Gasteiger partial charge >= 0.3 is 0 Å². The van der Waals surface area contributed by atoms with Gasteiger partial charge in [0.2, 0.25) is 0 Å². The predicted octanol–water partition coefficient (Wildman–Crippen LogP) is 1.25. The largest absolute Gasteiger partial charge is 0.486 e. The first-order valence-electron chi connectivity index (χ1n) is 4.55. The van der Waals surface area contributed by atoms with Gasteiger partial charge in [-0.25, -0.2) is 0 Å². The Morgan fingerprint density at radius 3 is 2.87 bits per heavy atom. The smallest absolute Gasteiger partial charge is 0.180 e. The molecule has 0 aromatic heterocycles. The number of carbonyl (C=O) groups excluding carboxylic acids is 1. The van der Waals surface area contributed by atoms with E-state index in [1.165, 1.54) is 0 Å². The van der Waals surface area contributed by atoms with E-state index >= 15 is 0 Å². The van der Waals surface area contributed by atoms with Gasteiger partial charge in [0, 0.05) is 5.56 Å².